The molecule has 1 heteroatoms. The predicted molar refractivity (Wildman–Crippen MR) is 90.0 cm³/mol. The number of carbonyl (C=O) groups excluding carboxylic acids is 1. The molecule has 22 heavy (non-hydrogen) atoms. The summed E-state index contributed by atoms with van der Waals surface area (Å²) in [5.41, 5.74) is 3.53. The van der Waals surface area contributed by atoms with Gasteiger partial charge in [-0.25, -0.2) is 4.79 Å². The van der Waals surface area contributed by atoms with Crippen LogP contribution in [0.3, 0.4) is 0 Å². The van der Waals surface area contributed by atoms with Crippen LogP contribution in [0.2, 0.25) is 0 Å². The zero-order chi connectivity index (χ0) is 15.4. The molecular weight excluding hydrogens is 268 g/mol. The molecule has 0 aliphatic heterocycles. The van der Waals surface area contributed by atoms with Crippen LogP contribution >= 0.6 is 0 Å². The van der Waals surface area contributed by atoms with Gasteiger partial charge in [0.15, 0.2) is 0 Å². The van der Waals surface area contributed by atoms with Crippen LogP contribution in [0.5, 0.6) is 0 Å². The fourth-order valence-electron chi connectivity index (χ4n) is 6.59. The van der Waals surface area contributed by atoms with Gasteiger partial charge in [-0.05, 0) is 67.3 Å². The molecule has 3 fully saturated rings. The van der Waals surface area contributed by atoms with Crippen molar-refractivity contribution in [2.45, 2.75) is 65.2 Å². The van der Waals surface area contributed by atoms with E-state index in [0.717, 1.165) is 17.8 Å². The van der Waals surface area contributed by atoms with Crippen LogP contribution in [-0.2, 0) is 4.79 Å². The maximum Gasteiger partial charge on any atom is 0.124 e. The summed E-state index contributed by atoms with van der Waals surface area (Å²) in [5.74, 6) is 4.62. The molecule has 118 valence electrons. The van der Waals surface area contributed by atoms with Crippen LogP contribution in [0.1, 0.15) is 65.2 Å². The molecule has 0 aromatic carbocycles. The van der Waals surface area contributed by atoms with E-state index in [0.29, 0.717) is 5.41 Å². The largest absolute Gasteiger partial charge is 0.233 e. The lowest BCUT2D eigenvalue weighted by Crippen LogP contribution is -2.49. The van der Waals surface area contributed by atoms with Crippen LogP contribution in [0, 0.1) is 28.6 Å². The minimum Gasteiger partial charge on any atom is -0.233 e. The highest BCUT2D eigenvalue weighted by Gasteiger charge is 2.55. The lowest BCUT2D eigenvalue weighted by molar-refractivity contribution is -0.0476. The highest BCUT2D eigenvalue weighted by molar-refractivity contribution is 5.59. The van der Waals surface area contributed by atoms with Gasteiger partial charge in [-0.15, -0.1) is 0 Å². The first-order valence-electron chi connectivity index (χ1n) is 9.23. The molecule has 4 aliphatic rings. The quantitative estimate of drug-likeness (QED) is 0.603. The maximum absolute atomic E-state index is 10.9. The van der Waals surface area contributed by atoms with E-state index in [4.69, 9.17) is 0 Å². The Kier molecular flexibility index (Phi) is 3.28. The summed E-state index contributed by atoms with van der Waals surface area (Å²) >= 11 is 0. The Labute approximate surface area is 134 Å². The summed E-state index contributed by atoms with van der Waals surface area (Å²) in [7, 11) is 0. The normalized spacial score (nSPS) is 46.5. The van der Waals surface area contributed by atoms with E-state index in [1.165, 1.54) is 56.9 Å². The molecule has 4 aliphatic carbocycles. The Balaban J connectivity index is 1.67. The SMILES string of the molecule is C[C@]12CC[C@H]3[C@@H](CCC4CCCC[C@@]43C)C1=CC=C2C=C=O. The van der Waals surface area contributed by atoms with Gasteiger partial charge in [0.25, 0.3) is 0 Å². The van der Waals surface area contributed by atoms with E-state index < -0.39 is 0 Å². The van der Waals surface area contributed by atoms with Gasteiger partial charge in [-0.1, -0.05) is 44.4 Å². The lowest BCUT2D eigenvalue weighted by Gasteiger charge is -2.58. The Hall–Kier alpha value is -1.07. The van der Waals surface area contributed by atoms with Crippen LogP contribution in [-0.4, -0.2) is 5.94 Å². The highest BCUT2D eigenvalue weighted by Crippen LogP contribution is 2.65. The maximum atomic E-state index is 10.9. The first-order valence-corrected chi connectivity index (χ1v) is 9.23. The molecule has 0 N–H and O–H groups in total. The summed E-state index contributed by atoms with van der Waals surface area (Å²) in [6, 6.07) is 0. The van der Waals surface area contributed by atoms with E-state index >= 15 is 0 Å². The Morgan fingerprint density at radius 3 is 2.77 bits per heavy atom. The molecule has 0 bridgehead atoms. The van der Waals surface area contributed by atoms with Crippen molar-refractivity contribution in [1.82, 2.24) is 0 Å². The number of hydrogen-bond donors (Lipinski definition) is 0. The fraction of sp³-hybridized carbons (Fsp3) is 0.714. The Morgan fingerprint density at radius 1 is 1.09 bits per heavy atom. The zero-order valence-electron chi connectivity index (χ0n) is 14.0. The highest BCUT2D eigenvalue weighted by atomic mass is 16.1. The second kappa shape index (κ2) is 4.96. The van der Waals surface area contributed by atoms with Crippen LogP contribution in [0.4, 0.5) is 0 Å². The molecule has 0 aromatic rings. The topological polar surface area (TPSA) is 17.1 Å². The second-order valence-corrected chi connectivity index (χ2v) is 8.62. The van der Waals surface area contributed by atoms with Crippen molar-refractivity contribution >= 4 is 5.94 Å². The van der Waals surface area contributed by atoms with Crippen molar-refractivity contribution in [2.75, 3.05) is 0 Å². The molecule has 0 aromatic heterocycles. The number of rotatable bonds is 1. The van der Waals surface area contributed by atoms with Gasteiger partial charge in [-0.2, -0.15) is 0 Å². The predicted octanol–water partition coefficient (Wildman–Crippen LogP) is 5.26. The van der Waals surface area contributed by atoms with Crippen LogP contribution in [0.15, 0.2) is 29.4 Å². The van der Waals surface area contributed by atoms with Gasteiger partial charge in [0.1, 0.15) is 5.94 Å². The standard InChI is InChI=1S/C21H28O/c1-20-12-4-3-5-15(20)6-8-17-18-9-7-16(11-14-22)21(18,2)13-10-19(17)20/h7,9,11,15,17,19H,3-6,8,10,12-13H2,1-2H3/t15?,17-,19-,20-,21+/m0/s1. The molecule has 5 atom stereocenters. The van der Waals surface area contributed by atoms with E-state index in [-0.39, 0.29) is 5.41 Å². The third-order valence-electron chi connectivity index (χ3n) is 7.90. The van der Waals surface area contributed by atoms with E-state index in [1.54, 1.807) is 11.6 Å². The Morgan fingerprint density at radius 2 is 1.95 bits per heavy atom. The molecule has 1 unspecified atom stereocenters. The summed E-state index contributed by atoms with van der Waals surface area (Å²) in [6.45, 7) is 4.96. The zero-order valence-corrected chi connectivity index (χ0v) is 14.0. The molecular formula is C21H28O. The average Bonchev–Trinajstić information content (AvgIpc) is 2.84. The van der Waals surface area contributed by atoms with Crippen molar-refractivity contribution in [1.29, 1.82) is 0 Å². The lowest BCUT2D eigenvalue weighted by atomic mass is 9.46. The number of fused-ring (bicyclic) bond motifs is 5. The molecule has 1 nitrogen and oxygen atoms in total. The first kappa shape index (κ1) is 14.5. The van der Waals surface area contributed by atoms with E-state index in [2.05, 4.69) is 26.0 Å². The Bertz CT molecular complexity index is 591. The fourth-order valence-corrected chi connectivity index (χ4v) is 6.59. The molecule has 0 radical (unpaired) electrons. The smallest absolute Gasteiger partial charge is 0.124 e. The second-order valence-electron chi connectivity index (χ2n) is 8.62. The van der Waals surface area contributed by atoms with Crippen molar-refractivity contribution in [3.05, 3.63) is 29.4 Å². The number of allylic oxidation sites excluding steroid dienone is 5. The number of hydrogen-bond acceptors (Lipinski definition) is 1. The molecule has 3 saturated carbocycles. The van der Waals surface area contributed by atoms with E-state index in [9.17, 15) is 4.79 Å². The van der Waals surface area contributed by atoms with Gasteiger partial charge in [0, 0.05) is 11.5 Å². The minimum absolute atomic E-state index is 0.121. The summed E-state index contributed by atoms with van der Waals surface area (Å²) in [5, 5.41) is 0. The van der Waals surface area contributed by atoms with Gasteiger partial charge in [0.05, 0.1) is 0 Å². The van der Waals surface area contributed by atoms with Gasteiger partial charge in [0.2, 0.25) is 0 Å². The van der Waals surface area contributed by atoms with Crippen molar-refractivity contribution in [3.8, 4) is 0 Å². The van der Waals surface area contributed by atoms with Crippen molar-refractivity contribution in [3.63, 3.8) is 0 Å². The molecule has 4 rings (SSSR count). The van der Waals surface area contributed by atoms with Gasteiger partial charge in [-0.3, -0.25) is 0 Å². The molecule has 0 heterocycles. The van der Waals surface area contributed by atoms with Crippen molar-refractivity contribution in [2.24, 2.45) is 28.6 Å². The van der Waals surface area contributed by atoms with Crippen LogP contribution < -0.4 is 0 Å². The summed E-state index contributed by atoms with van der Waals surface area (Å²) < 4.78 is 0. The van der Waals surface area contributed by atoms with Gasteiger partial charge < -0.3 is 0 Å². The average molecular weight is 296 g/mol. The third kappa shape index (κ3) is 1.81. The third-order valence-corrected chi connectivity index (χ3v) is 7.90. The van der Waals surface area contributed by atoms with Gasteiger partial charge >= 0.3 is 0 Å². The van der Waals surface area contributed by atoms with Crippen molar-refractivity contribution < 1.29 is 4.79 Å². The first-order chi connectivity index (χ1) is 10.6. The molecule has 0 amide bonds. The summed E-state index contributed by atoms with van der Waals surface area (Å²) in [6.07, 6.45) is 17.4. The van der Waals surface area contributed by atoms with Crippen LogP contribution in [0.25, 0.3) is 0 Å². The molecule has 0 saturated heterocycles. The summed E-state index contributed by atoms with van der Waals surface area (Å²) in [4.78, 5) is 10.9. The molecule has 0 spiro atoms. The minimum atomic E-state index is 0.121. The van der Waals surface area contributed by atoms with E-state index in [1.807, 2.05) is 5.94 Å². The monoisotopic (exact) mass is 296 g/mol.